The van der Waals surface area contributed by atoms with Gasteiger partial charge < -0.3 is 5.32 Å². The maximum Gasteiger partial charge on any atom is 0.224 e. The monoisotopic (exact) mass is 266 g/mol. The van der Waals surface area contributed by atoms with E-state index in [9.17, 15) is 4.79 Å². The van der Waals surface area contributed by atoms with Crippen molar-refractivity contribution in [1.29, 1.82) is 5.26 Å². The number of benzene rings is 1. The van der Waals surface area contributed by atoms with Crippen LogP contribution in [0.25, 0.3) is 0 Å². The van der Waals surface area contributed by atoms with E-state index in [1.54, 1.807) is 36.7 Å². The molecule has 0 atom stereocenters. The smallest absolute Gasteiger partial charge is 0.224 e. The zero-order valence-electron chi connectivity index (χ0n) is 11.1. The quantitative estimate of drug-likeness (QED) is 0.909. The van der Waals surface area contributed by atoms with Crippen LogP contribution in [0.3, 0.4) is 0 Å². The lowest BCUT2D eigenvalue weighted by molar-refractivity contribution is -0.120. The maximum absolute atomic E-state index is 11.8. The van der Waals surface area contributed by atoms with Crippen LogP contribution in [-0.2, 0) is 17.8 Å². The van der Waals surface area contributed by atoms with Crippen molar-refractivity contribution in [2.45, 2.75) is 19.9 Å². The van der Waals surface area contributed by atoms with Gasteiger partial charge in [0.2, 0.25) is 5.91 Å². The first-order valence-corrected chi connectivity index (χ1v) is 6.20. The molecule has 5 nitrogen and oxygen atoms in total. The van der Waals surface area contributed by atoms with Gasteiger partial charge in [-0.1, -0.05) is 12.1 Å². The number of nitriles is 1. The normalized spacial score (nSPS) is 9.80. The lowest BCUT2D eigenvalue weighted by Gasteiger charge is -2.05. The molecule has 0 radical (unpaired) electrons. The van der Waals surface area contributed by atoms with E-state index in [1.165, 1.54) is 0 Å². The molecule has 0 unspecified atom stereocenters. The SMILES string of the molecule is Cc1cnc(CNC(=O)Cc2ccc(C#N)cc2)cn1. The van der Waals surface area contributed by atoms with E-state index in [0.29, 0.717) is 12.1 Å². The second kappa shape index (κ2) is 6.43. The molecule has 0 aliphatic heterocycles. The van der Waals surface area contributed by atoms with Crippen LogP contribution in [0, 0.1) is 18.3 Å². The van der Waals surface area contributed by atoms with Gasteiger partial charge in [0.15, 0.2) is 0 Å². The predicted molar refractivity (Wildman–Crippen MR) is 73.5 cm³/mol. The summed E-state index contributed by atoms with van der Waals surface area (Å²) in [5.74, 6) is -0.0860. The van der Waals surface area contributed by atoms with Gasteiger partial charge in [-0.05, 0) is 24.6 Å². The number of amides is 1. The minimum Gasteiger partial charge on any atom is -0.350 e. The number of nitrogens with one attached hydrogen (secondary N) is 1. The van der Waals surface area contributed by atoms with Gasteiger partial charge in [-0.2, -0.15) is 5.26 Å². The minimum atomic E-state index is -0.0860. The summed E-state index contributed by atoms with van der Waals surface area (Å²) >= 11 is 0. The number of rotatable bonds is 4. The van der Waals surface area contributed by atoms with E-state index >= 15 is 0 Å². The Morgan fingerprint density at radius 1 is 1.25 bits per heavy atom. The summed E-state index contributed by atoms with van der Waals surface area (Å²) in [7, 11) is 0. The minimum absolute atomic E-state index is 0.0860. The summed E-state index contributed by atoms with van der Waals surface area (Å²) in [4.78, 5) is 20.1. The first-order chi connectivity index (χ1) is 9.67. The molecule has 0 aliphatic rings. The molecule has 2 rings (SSSR count). The van der Waals surface area contributed by atoms with Gasteiger partial charge in [0.1, 0.15) is 0 Å². The second-order valence-electron chi connectivity index (χ2n) is 4.41. The first-order valence-electron chi connectivity index (χ1n) is 6.20. The fourth-order valence-electron chi connectivity index (χ4n) is 1.64. The molecule has 0 spiro atoms. The highest BCUT2D eigenvalue weighted by Gasteiger charge is 2.04. The van der Waals surface area contributed by atoms with E-state index in [4.69, 9.17) is 5.26 Å². The van der Waals surface area contributed by atoms with Crippen LogP contribution in [-0.4, -0.2) is 15.9 Å². The highest BCUT2D eigenvalue weighted by Crippen LogP contribution is 2.04. The summed E-state index contributed by atoms with van der Waals surface area (Å²) in [6.07, 6.45) is 3.60. The highest BCUT2D eigenvalue weighted by atomic mass is 16.1. The molecule has 1 N–H and O–H groups in total. The Morgan fingerprint density at radius 2 is 2.00 bits per heavy atom. The van der Waals surface area contributed by atoms with Crippen LogP contribution in [0.4, 0.5) is 0 Å². The molecule has 1 aromatic heterocycles. The number of aromatic nitrogens is 2. The van der Waals surface area contributed by atoms with Crippen LogP contribution in [0.2, 0.25) is 0 Å². The lowest BCUT2D eigenvalue weighted by atomic mass is 10.1. The third kappa shape index (κ3) is 3.89. The standard InChI is InChI=1S/C15H14N4O/c1-11-8-18-14(9-17-11)10-19-15(20)6-12-2-4-13(7-16)5-3-12/h2-5,8-9H,6,10H2,1H3,(H,19,20). The highest BCUT2D eigenvalue weighted by molar-refractivity contribution is 5.78. The molecule has 0 aliphatic carbocycles. The van der Waals surface area contributed by atoms with Crippen molar-refractivity contribution in [2.24, 2.45) is 0 Å². The topological polar surface area (TPSA) is 78.7 Å². The molecule has 0 fully saturated rings. The molecule has 1 heterocycles. The van der Waals surface area contributed by atoms with Gasteiger partial charge in [-0.25, -0.2) is 0 Å². The molecule has 20 heavy (non-hydrogen) atoms. The fourth-order valence-corrected chi connectivity index (χ4v) is 1.64. The number of hydrogen-bond donors (Lipinski definition) is 1. The second-order valence-corrected chi connectivity index (χ2v) is 4.41. The zero-order chi connectivity index (χ0) is 14.4. The van der Waals surface area contributed by atoms with Crippen molar-refractivity contribution in [3.63, 3.8) is 0 Å². The Balaban J connectivity index is 1.86. The Bertz CT molecular complexity index is 626. The van der Waals surface area contributed by atoms with Crippen LogP contribution in [0.5, 0.6) is 0 Å². The maximum atomic E-state index is 11.8. The van der Waals surface area contributed by atoms with Gasteiger partial charge in [0.05, 0.1) is 42.2 Å². The van der Waals surface area contributed by atoms with E-state index in [1.807, 2.05) is 13.0 Å². The average molecular weight is 266 g/mol. The molecule has 1 aromatic carbocycles. The fraction of sp³-hybridized carbons (Fsp3) is 0.200. The number of hydrogen-bond acceptors (Lipinski definition) is 4. The van der Waals surface area contributed by atoms with Crippen LogP contribution >= 0.6 is 0 Å². The van der Waals surface area contributed by atoms with Gasteiger partial charge in [-0.3, -0.25) is 14.8 Å². The molecule has 5 heteroatoms. The van der Waals surface area contributed by atoms with Crippen molar-refractivity contribution >= 4 is 5.91 Å². The van der Waals surface area contributed by atoms with E-state index in [0.717, 1.165) is 17.0 Å². The Morgan fingerprint density at radius 3 is 2.60 bits per heavy atom. The molecule has 1 amide bonds. The van der Waals surface area contributed by atoms with E-state index < -0.39 is 0 Å². The molecule has 0 saturated heterocycles. The molecular weight excluding hydrogens is 252 g/mol. The third-order valence-electron chi connectivity index (χ3n) is 2.75. The van der Waals surface area contributed by atoms with Crippen LogP contribution < -0.4 is 5.32 Å². The Kier molecular flexibility index (Phi) is 4.40. The Labute approximate surface area is 117 Å². The third-order valence-corrected chi connectivity index (χ3v) is 2.75. The molecule has 0 bridgehead atoms. The molecular formula is C15H14N4O. The summed E-state index contributed by atoms with van der Waals surface area (Å²) in [5.41, 5.74) is 3.03. The van der Waals surface area contributed by atoms with Crippen molar-refractivity contribution in [2.75, 3.05) is 0 Å². The van der Waals surface area contributed by atoms with Crippen LogP contribution in [0.1, 0.15) is 22.5 Å². The lowest BCUT2D eigenvalue weighted by Crippen LogP contribution is -2.25. The van der Waals surface area contributed by atoms with Crippen LogP contribution in [0.15, 0.2) is 36.7 Å². The summed E-state index contributed by atoms with van der Waals surface area (Å²) in [5, 5.41) is 11.5. The summed E-state index contributed by atoms with van der Waals surface area (Å²) in [6.45, 7) is 2.22. The number of carbonyl (C=O) groups is 1. The number of nitrogens with zero attached hydrogens (tertiary/aromatic N) is 3. The summed E-state index contributed by atoms with van der Waals surface area (Å²) in [6, 6.07) is 9.01. The van der Waals surface area contributed by atoms with E-state index in [2.05, 4.69) is 15.3 Å². The van der Waals surface area contributed by atoms with Crippen molar-refractivity contribution < 1.29 is 4.79 Å². The van der Waals surface area contributed by atoms with Crippen molar-refractivity contribution in [1.82, 2.24) is 15.3 Å². The Hall–Kier alpha value is -2.74. The van der Waals surface area contributed by atoms with Gasteiger partial charge >= 0.3 is 0 Å². The zero-order valence-corrected chi connectivity index (χ0v) is 11.1. The van der Waals surface area contributed by atoms with Crippen molar-refractivity contribution in [3.05, 3.63) is 59.2 Å². The average Bonchev–Trinajstić information content (AvgIpc) is 2.47. The first kappa shape index (κ1) is 13.7. The predicted octanol–water partition coefficient (Wildman–Crippen LogP) is 1.52. The summed E-state index contributed by atoms with van der Waals surface area (Å²) < 4.78 is 0. The van der Waals surface area contributed by atoms with E-state index in [-0.39, 0.29) is 12.3 Å². The molecule has 0 saturated carbocycles. The van der Waals surface area contributed by atoms with Gasteiger partial charge in [0, 0.05) is 6.20 Å². The number of aryl methyl sites for hydroxylation is 1. The van der Waals surface area contributed by atoms with Gasteiger partial charge in [-0.15, -0.1) is 0 Å². The molecule has 2 aromatic rings. The molecule has 100 valence electrons. The van der Waals surface area contributed by atoms with Crippen molar-refractivity contribution in [3.8, 4) is 6.07 Å². The van der Waals surface area contributed by atoms with Gasteiger partial charge in [0.25, 0.3) is 0 Å². The number of carbonyl (C=O) groups excluding carboxylic acids is 1. The largest absolute Gasteiger partial charge is 0.350 e.